The van der Waals surface area contributed by atoms with Crippen LogP contribution in [0.1, 0.15) is 5.69 Å². The van der Waals surface area contributed by atoms with Gasteiger partial charge in [0, 0.05) is 9.86 Å². The van der Waals surface area contributed by atoms with Crippen LogP contribution in [0.4, 0.5) is 0 Å². The second-order valence-electron chi connectivity index (χ2n) is 2.95. The molecule has 0 unspecified atom stereocenters. The maximum absolute atomic E-state index is 8.56. The van der Waals surface area contributed by atoms with E-state index in [4.69, 9.17) is 5.26 Å². The van der Waals surface area contributed by atoms with Gasteiger partial charge in [0.15, 0.2) is 0 Å². The number of pyridine rings is 1. The third kappa shape index (κ3) is 1.61. The molecule has 1 aromatic carbocycles. The maximum atomic E-state index is 8.56. The number of para-hydroxylation sites is 1. The molecule has 68 valence electrons. The van der Waals surface area contributed by atoms with Gasteiger partial charge in [-0.2, -0.15) is 5.26 Å². The molecule has 0 atom stereocenters. The lowest BCUT2D eigenvalue weighted by atomic mass is 10.2. The summed E-state index contributed by atoms with van der Waals surface area (Å²) in [5.74, 6) is 0. The van der Waals surface area contributed by atoms with Crippen LogP contribution in [0.5, 0.6) is 0 Å². The molecule has 0 fully saturated rings. The Bertz CT molecular complexity index is 514. The Kier molecular flexibility index (Phi) is 2.47. The van der Waals surface area contributed by atoms with E-state index in [9.17, 15) is 0 Å². The van der Waals surface area contributed by atoms with Crippen molar-refractivity contribution in [2.24, 2.45) is 0 Å². The topological polar surface area (TPSA) is 36.7 Å². The number of hydrogen-bond acceptors (Lipinski definition) is 2. The molecule has 0 N–H and O–H groups in total. The minimum absolute atomic E-state index is 0.358. The standard InChI is InChI=1S/C11H7BrN2/c12-10-3-1-2-8-4-5-9(6-7-13)14-11(8)10/h1-5H,6H2. The zero-order valence-electron chi connectivity index (χ0n) is 7.37. The van der Waals surface area contributed by atoms with Gasteiger partial charge in [0.05, 0.1) is 23.7 Å². The van der Waals surface area contributed by atoms with Crippen LogP contribution in [-0.4, -0.2) is 4.98 Å². The van der Waals surface area contributed by atoms with E-state index in [0.29, 0.717) is 6.42 Å². The summed E-state index contributed by atoms with van der Waals surface area (Å²) in [5.41, 5.74) is 1.73. The van der Waals surface area contributed by atoms with E-state index < -0.39 is 0 Å². The van der Waals surface area contributed by atoms with Gasteiger partial charge in [-0.3, -0.25) is 4.98 Å². The molecule has 14 heavy (non-hydrogen) atoms. The largest absolute Gasteiger partial charge is 0.251 e. The number of hydrogen-bond donors (Lipinski definition) is 0. The highest BCUT2D eigenvalue weighted by atomic mass is 79.9. The molecule has 0 radical (unpaired) electrons. The van der Waals surface area contributed by atoms with E-state index in [1.165, 1.54) is 0 Å². The molecule has 0 aliphatic carbocycles. The highest BCUT2D eigenvalue weighted by molar-refractivity contribution is 9.10. The van der Waals surface area contributed by atoms with E-state index in [-0.39, 0.29) is 0 Å². The molecule has 0 aliphatic rings. The molecule has 0 aliphatic heterocycles. The van der Waals surface area contributed by atoms with Gasteiger partial charge in [0.2, 0.25) is 0 Å². The summed E-state index contributed by atoms with van der Waals surface area (Å²) in [7, 11) is 0. The maximum Gasteiger partial charge on any atom is 0.0847 e. The average molecular weight is 247 g/mol. The Morgan fingerprint density at radius 2 is 2.14 bits per heavy atom. The van der Waals surface area contributed by atoms with Gasteiger partial charge in [-0.25, -0.2) is 0 Å². The molecule has 0 amide bonds. The van der Waals surface area contributed by atoms with Crippen molar-refractivity contribution in [3.05, 3.63) is 40.5 Å². The number of nitriles is 1. The van der Waals surface area contributed by atoms with Crippen LogP contribution >= 0.6 is 15.9 Å². The predicted octanol–water partition coefficient (Wildman–Crippen LogP) is 3.06. The third-order valence-corrected chi connectivity index (χ3v) is 2.63. The molecule has 1 heterocycles. The van der Waals surface area contributed by atoms with E-state index >= 15 is 0 Å². The second-order valence-corrected chi connectivity index (χ2v) is 3.80. The smallest absolute Gasteiger partial charge is 0.0847 e. The van der Waals surface area contributed by atoms with Crippen LogP contribution in [0.2, 0.25) is 0 Å². The van der Waals surface area contributed by atoms with Crippen molar-refractivity contribution in [3.63, 3.8) is 0 Å². The van der Waals surface area contributed by atoms with E-state index in [1.807, 2.05) is 30.3 Å². The zero-order chi connectivity index (χ0) is 9.97. The van der Waals surface area contributed by atoms with Crippen molar-refractivity contribution >= 4 is 26.8 Å². The molecule has 0 spiro atoms. The van der Waals surface area contributed by atoms with E-state index in [2.05, 4.69) is 27.0 Å². The van der Waals surface area contributed by atoms with Crippen molar-refractivity contribution in [3.8, 4) is 6.07 Å². The molecule has 2 rings (SSSR count). The molecule has 1 aromatic heterocycles. The second kappa shape index (κ2) is 3.77. The Morgan fingerprint density at radius 3 is 2.93 bits per heavy atom. The molecule has 0 saturated heterocycles. The lowest BCUT2D eigenvalue weighted by Gasteiger charge is -2.00. The molecule has 0 bridgehead atoms. The SMILES string of the molecule is N#CCc1ccc2cccc(Br)c2n1. The average Bonchev–Trinajstić information content (AvgIpc) is 2.20. The van der Waals surface area contributed by atoms with E-state index in [1.54, 1.807) is 0 Å². The minimum atomic E-state index is 0.358. The lowest BCUT2D eigenvalue weighted by Crippen LogP contribution is -1.88. The van der Waals surface area contributed by atoms with E-state index in [0.717, 1.165) is 21.1 Å². The van der Waals surface area contributed by atoms with Crippen LogP contribution in [0.25, 0.3) is 10.9 Å². The summed E-state index contributed by atoms with van der Waals surface area (Å²) in [6.45, 7) is 0. The van der Waals surface area contributed by atoms with Crippen molar-refractivity contribution in [2.75, 3.05) is 0 Å². The summed E-state index contributed by atoms with van der Waals surface area (Å²) in [4.78, 5) is 4.40. The highest BCUT2D eigenvalue weighted by Crippen LogP contribution is 2.21. The summed E-state index contributed by atoms with van der Waals surface area (Å²) in [6, 6.07) is 11.9. The Hall–Kier alpha value is -1.40. The van der Waals surface area contributed by atoms with Gasteiger partial charge in [0.1, 0.15) is 0 Å². The van der Waals surface area contributed by atoms with Gasteiger partial charge in [-0.1, -0.05) is 18.2 Å². The molecule has 2 aromatic rings. The fourth-order valence-corrected chi connectivity index (χ4v) is 1.80. The summed E-state index contributed by atoms with van der Waals surface area (Å²) >= 11 is 3.44. The summed E-state index contributed by atoms with van der Waals surface area (Å²) in [6.07, 6.45) is 0.358. The van der Waals surface area contributed by atoms with Gasteiger partial charge < -0.3 is 0 Å². The normalized spacial score (nSPS) is 10.0. The van der Waals surface area contributed by atoms with Crippen molar-refractivity contribution < 1.29 is 0 Å². The highest BCUT2D eigenvalue weighted by Gasteiger charge is 2.00. The molecule has 3 heteroatoms. The molecular weight excluding hydrogens is 240 g/mol. The molecular formula is C11H7BrN2. The monoisotopic (exact) mass is 246 g/mol. The number of benzene rings is 1. The van der Waals surface area contributed by atoms with Gasteiger partial charge in [-0.05, 0) is 28.1 Å². The summed E-state index contributed by atoms with van der Waals surface area (Å²) < 4.78 is 0.967. The number of halogens is 1. The number of nitrogens with zero attached hydrogens (tertiary/aromatic N) is 2. The fraction of sp³-hybridized carbons (Fsp3) is 0.0909. The Morgan fingerprint density at radius 1 is 1.29 bits per heavy atom. The quantitative estimate of drug-likeness (QED) is 0.776. The fourth-order valence-electron chi connectivity index (χ4n) is 1.33. The first-order chi connectivity index (χ1) is 6.81. The van der Waals surface area contributed by atoms with Crippen molar-refractivity contribution in [1.29, 1.82) is 5.26 Å². The number of aromatic nitrogens is 1. The van der Waals surface area contributed by atoms with Crippen molar-refractivity contribution in [2.45, 2.75) is 6.42 Å². The number of fused-ring (bicyclic) bond motifs is 1. The van der Waals surface area contributed by atoms with Crippen LogP contribution < -0.4 is 0 Å². The van der Waals surface area contributed by atoms with Crippen LogP contribution in [0, 0.1) is 11.3 Å². The van der Waals surface area contributed by atoms with Crippen molar-refractivity contribution in [1.82, 2.24) is 4.98 Å². The zero-order valence-corrected chi connectivity index (χ0v) is 8.95. The Balaban J connectivity index is 2.65. The third-order valence-electron chi connectivity index (χ3n) is 1.99. The van der Waals surface area contributed by atoms with Crippen LogP contribution in [0.15, 0.2) is 34.8 Å². The summed E-state index contributed by atoms with van der Waals surface area (Å²) in [5, 5.41) is 9.64. The number of rotatable bonds is 1. The molecule has 0 saturated carbocycles. The predicted molar refractivity (Wildman–Crippen MR) is 58.8 cm³/mol. The minimum Gasteiger partial charge on any atom is -0.251 e. The van der Waals surface area contributed by atoms with Gasteiger partial charge in [-0.15, -0.1) is 0 Å². The molecule has 2 nitrogen and oxygen atoms in total. The van der Waals surface area contributed by atoms with Gasteiger partial charge in [0.25, 0.3) is 0 Å². The Labute approximate surface area is 90.3 Å². The first-order valence-corrected chi connectivity index (χ1v) is 5.01. The first kappa shape index (κ1) is 9.17. The first-order valence-electron chi connectivity index (χ1n) is 4.22. The van der Waals surface area contributed by atoms with Crippen LogP contribution in [-0.2, 0) is 6.42 Å². The van der Waals surface area contributed by atoms with Crippen LogP contribution in [0.3, 0.4) is 0 Å². The lowest BCUT2D eigenvalue weighted by molar-refractivity contribution is 1.15. The van der Waals surface area contributed by atoms with Gasteiger partial charge >= 0.3 is 0 Å².